The number of aryl methyl sites for hydroxylation is 1. The summed E-state index contributed by atoms with van der Waals surface area (Å²) in [6.07, 6.45) is -2.08. The van der Waals surface area contributed by atoms with Crippen molar-refractivity contribution in [3.63, 3.8) is 0 Å². The van der Waals surface area contributed by atoms with Gasteiger partial charge in [-0.15, -0.1) is 11.8 Å². The Morgan fingerprint density at radius 3 is 2.67 bits per heavy atom. The highest BCUT2D eigenvalue weighted by atomic mass is 35.5. The molecule has 1 fully saturated rings. The minimum Gasteiger partial charge on any atom is -0.465 e. The summed E-state index contributed by atoms with van der Waals surface area (Å²) in [7, 11) is 1.53. The summed E-state index contributed by atoms with van der Waals surface area (Å²) in [6.45, 7) is 0.978. The molecule has 0 bridgehead atoms. The van der Waals surface area contributed by atoms with Gasteiger partial charge in [-0.05, 0) is 18.8 Å². The molecule has 5 nitrogen and oxygen atoms in total. The van der Waals surface area contributed by atoms with Crippen molar-refractivity contribution >= 4 is 29.5 Å². The molecule has 1 amide bonds. The quantitative estimate of drug-likeness (QED) is 0.853. The Morgan fingerprint density at radius 2 is 2.14 bits per heavy atom. The van der Waals surface area contributed by atoms with Crippen molar-refractivity contribution in [2.45, 2.75) is 24.2 Å². The van der Waals surface area contributed by atoms with Crippen LogP contribution in [-0.4, -0.2) is 44.7 Å². The summed E-state index contributed by atoms with van der Waals surface area (Å²) in [5.74, 6) is 0.936. The molecule has 0 saturated carbocycles. The first-order chi connectivity index (χ1) is 9.90. The molecular weight excluding hydrogens is 324 g/mol. The topological polar surface area (TPSA) is 58.4 Å². The zero-order valence-electron chi connectivity index (χ0n) is 11.4. The van der Waals surface area contributed by atoms with Crippen LogP contribution < -0.4 is 0 Å². The third-order valence-corrected chi connectivity index (χ3v) is 5.39. The van der Waals surface area contributed by atoms with E-state index in [-0.39, 0.29) is 10.8 Å². The normalized spacial score (nSPS) is 16.7. The summed E-state index contributed by atoms with van der Waals surface area (Å²) >= 11 is 7.28. The molecule has 1 aromatic heterocycles. The maximum atomic E-state index is 12.9. The van der Waals surface area contributed by atoms with Gasteiger partial charge in [0.15, 0.2) is 0 Å². The van der Waals surface area contributed by atoms with E-state index >= 15 is 0 Å². The highest BCUT2D eigenvalue weighted by Crippen LogP contribution is 2.37. The van der Waals surface area contributed by atoms with E-state index in [9.17, 15) is 13.6 Å². The molecule has 1 N–H and O–H groups in total. The van der Waals surface area contributed by atoms with Crippen LogP contribution in [0.25, 0.3) is 0 Å². The number of nitrogens with zero attached hydrogens (tertiary/aromatic N) is 3. The smallest absolute Gasteiger partial charge is 0.407 e. The fourth-order valence-electron chi connectivity index (χ4n) is 2.27. The Morgan fingerprint density at radius 1 is 1.52 bits per heavy atom. The maximum absolute atomic E-state index is 12.9. The molecule has 1 aliphatic heterocycles. The number of hydrogen-bond donors (Lipinski definition) is 1. The summed E-state index contributed by atoms with van der Waals surface area (Å²) in [5.41, 5.74) is -0.282. The number of piperidine rings is 1. The minimum atomic E-state index is -2.65. The molecule has 1 saturated heterocycles. The van der Waals surface area contributed by atoms with Crippen LogP contribution in [0.1, 0.15) is 25.0 Å². The van der Waals surface area contributed by atoms with Gasteiger partial charge >= 0.3 is 6.09 Å². The number of thioether (sulfide) groups is 1. The Kier molecular flexibility index (Phi) is 5.32. The van der Waals surface area contributed by atoms with E-state index < -0.39 is 12.5 Å². The highest BCUT2D eigenvalue weighted by Gasteiger charge is 2.26. The van der Waals surface area contributed by atoms with Crippen molar-refractivity contribution in [3.05, 3.63) is 10.8 Å². The molecule has 0 atom stereocenters. The second kappa shape index (κ2) is 6.83. The summed E-state index contributed by atoms with van der Waals surface area (Å²) in [5, 5.41) is 12.8. The Hall–Kier alpha value is -1.02. The van der Waals surface area contributed by atoms with Crippen molar-refractivity contribution in [1.29, 1.82) is 0 Å². The SMILES string of the molecule is Cn1nc(C(F)F)c(SCC2CCN(C(=O)O)CC2)c1Cl. The summed E-state index contributed by atoms with van der Waals surface area (Å²) in [4.78, 5) is 12.5. The van der Waals surface area contributed by atoms with Gasteiger partial charge in [-0.25, -0.2) is 13.6 Å². The molecule has 9 heteroatoms. The molecule has 1 aliphatic rings. The molecule has 1 aromatic rings. The number of halogens is 3. The standard InChI is InChI=1S/C12H16ClF2N3O2S/c1-17-10(13)9(8(16-17)11(14)15)21-6-7-2-4-18(5-3-7)12(19)20/h7,11H,2-6H2,1H3,(H,19,20). The van der Waals surface area contributed by atoms with E-state index in [4.69, 9.17) is 16.7 Å². The maximum Gasteiger partial charge on any atom is 0.407 e. The Balaban J connectivity index is 1.94. The lowest BCUT2D eigenvalue weighted by atomic mass is 9.99. The van der Waals surface area contributed by atoms with Crippen LogP contribution in [0.5, 0.6) is 0 Å². The fourth-order valence-corrected chi connectivity index (χ4v) is 3.83. The van der Waals surface area contributed by atoms with Crippen molar-refractivity contribution in [3.8, 4) is 0 Å². The van der Waals surface area contributed by atoms with Gasteiger partial charge in [0, 0.05) is 25.9 Å². The predicted octanol–water partition coefficient (Wildman–Crippen LogP) is 3.49. The van der Waals surface area contributed by atoms with Gasteiger partial charge < -0.3 is 10.0 Å². The average molecular weight is 340 g/mol. The third kappa shape index (κ3) is 3.79. The number of amides is 1. The summed E-state index contributed by atoms with van der Waals surface area (Å²) in [6, 6.07) is 0. The van der Waals surface area contributed by atoms with Gasteiger partial charge in [0.05, 0.1) is 4.90 Å². The van der Waals surface area contributed by atoms with Crippen molar-refractivity contribution in [1.82, 2.24) is 14.7 Å². The van der Waals surface area contributed by atoms with Gasteiger partial charge in [0.1, 0.15) is 10.8 Å². The van der Waals surface area contributed by atoms with Gasteiger partial charge in [0.25, 0.3) is 6.43 Å². The van der Waals surface area contributed by atoms with Gasteiger partial charge in [-0.2, -0.15) is 5.10 Å². The highest BCUT2D eigenvalue weighted by molar-refractivity contribution is 7.99. The van der Waals surface area contributed by atoms with Crippen LogP contribution in [-0.2, 0) is 7.05 Å². The molecule has 118 valence electrons. The van der Waals surface area contributed by atoms with Crippen molar-refractivity contribution in [2.75, 3.05) is 18.8 Å². The fraction of sp³-hybridized carbons (Fsp3) is 0.667. The molecule has 21 heavy (non-hydrogen) atoms. The molecule has 0 spiro atoms. The molecule has 0 aromatic carbocycles. The summed E-state index contributed by atoms with van der Waals surface area (Å²) < 4.78 is 27.1. The average Bonchev–Trinajstić information content (AvgIpc) is 2.73. The lowest BCUT2D eigenvalue weighted by Crippen LogP contribution is -2.37. The molecule has 2 heterocycles. The lowest BCUT2D eigenvalue weighted by molar-refractivity contribution is 0.127. The van der Waals surface area contributed by atoms with E-state index in [2.05, 4.69) is 5.10 Å². The van der Waals surface area contributed by atoms with Crippen LogP contribution in [0.15, 0.2) is 4.90 Å². The third-order valence-electron chi connectivity index (χ3n) is 3.52. The molecule has 0 aliphatic carbocycles. The largest absolute Gasteiger partial charge is 0.465 e. The zero-order chi connectivity index (χ0) is 15.6. The van der Waals surface area contributed by atoms with Gasteiger partial charge in [0.2, 0.25) is 0 Å². The molecule has 0 radical (unpaired) electrons. The van der Waals surface area contributed by atoms with Crippen LogP contribution in [0.3, 0.4) is 0 Å². The number of alkyl halides is 2. The number of carboxylic acid groups (broad SMARTS) is 1. The Bertz CT molecular complexity index is 519. The minimum absolute atomic E-state index is 0.221. The number of aromatic nitrogens is 2. The van der Waals surface area contributed by atoms with Gasteiger partial charge in [-0.1, -0.05) is 11.6 Å². The van der Waals surface area contributed by atoms with E-state index in [1.54, 1.807) is 0 Å². The van der Waals surface area contributed by atoms with Crippen molar-refractivity contribution in [2.24, 2.45) is 13.0 Å². The van der Waals surface area contributed by atoms with Crippen LogP contribution >= 0.6 is 23.4 Å². The van der Waals surface area contributed by atoms with Crippen LogP contribution in [0.2, 0.25) is 5.15 Å². The number of likely N-dealkylation sites (tertiary alicyclic amines) is 1. The first-order valence-electron chi connectivity index (χ1n) is 6.51. The van der Waals surface area contributed by atoms with E-state index in [1.165, 1.54) is 28.4 Å². The second-order valence-corrected chi connectivity index (χ2v) is 6.34. The first-order valence-corrected chi connectivity index (χ1v) is 7.87. The van der Waals surface area contributed by atoms with E-state index in [1.807, 2.05) is 0 Å². The first kappa shape index (κ1) is 16.4. The van der Waals surface area contributed by atoms with E-state index in [0.29, 0.717) is 29.7 Å². The molecule has 0 unspecified atom stereocenters. The van der Waals surface area contributed by atoms with Crippen LogP contribution in [0.4, 0.5) is 13.6 Å². The van der Waals surface area contributed by atoms with Crippen molar-refractivity contribution < 1.29 is 18.7 Å². The van der Waals surface area contributed by atoms with Gasteiger partial charge in [-0.3, -0.25) is 4.68 Å². The zero-order valence-corrected chi connectivity index (χ0v) is 13.0. The lowest BCUT2D eigenvalue weighted by Gasteiger charge is -2.29. The number of carbonyl (C=O) groups is 1. The predicted molar refractivity (Wildman–Crippen MR) is 76.2 cm³/mol. The number of rotatable bonds is 4. The molecule has 2 rings (SSSR count). The molecular formula is C12H16ClF2N3O2S. The van der Waals surface area contributed by atoms with E-state index in [0.717, 1.165) is 12.8 Å². The monoisotopic (exact) mass is 339 g/mol. The second-order valence-electron chi connectivity index (χ2n) is 4.95. The Labute approximate surface area is 130 Å². The number of hydrogen-bond acceptors (Lipinski definition) is 3. The van der Waals surface area contributed by atoms with Crippen LogP contribution in [0, 0.1) is 5.92 Å².